The number of nitrogens with two attached hydrogens (primary N) is 1. The molecule has 0 bridgehead atoms. The Labute approximate surface area is 131 Å². The van der Waals surface area contributed by atoms with E-state index in [4.69, 9.17) is 18.0 Å². The number of nitrogens with zero attached hydrogens (tertiary/aromatic N) is 2. The number of fused-ring (bicyclic) bond motifs is 1. The molecule has 0 amide bonds. The van der Waals surface area contributed by atoms with Gasteiger partial charge in [0.1, 0.15) is 4.99 Å². The van der Waals surface area contributed by atoms with Crippen molar-refractivity contribution in [2.75, 3.05) is 32.1 Å². The van der Waals surface area contributed by atoms with Crippen molar-refractivity contribution in [1.82, 2.24) is 4.90 Å². The quantitative estimate of drug-likeness (QED) is 0.883. The van der Waals surface area contributed by atoms with Gasteiger partial charge in [0.05, 0.1) is 0 Å². The number of rotatable bonds is 3. The lowest BCUT2D eigenvalue weighted by Crippen LogP contribution is -2.31. The molecule has 2 N–H and O–H groups in total. The summed E-state index contributed by atoms with van der Waals surface area (Å²) in [7, 11) is 4.31. The Bertz CT molecular complexity index is 681. The first-order valence-electron chi connectivity index (χ1n) is 7.31. The number of benzene rings is 2. The number of likely N-dealkylation sites (N-methyl/N-ethyl adjacent to an activating group) is 1. The summed E-state index contributed by atoms with van der Waals surface area (Å²) in [5.74, 6) is 0. The molecule has 0 aromatic heterocycles. The monoisotopic (exact) mass is 299 g/mol. The van der Waals surface area contributed by atoms with Crippen LogP contribution in [0.2, 0.25) is 0 Å². The summed E-state index contributed by atoms with van der Waals surface area (Å²) in [5.41, 5.74) is 8.11. The molecule has 110 valence electrons. The van der Waals surface area contributed by atoms with Crippen LogP contribution < -0.4 is 10.6 Å². The fraction of sp³-hybridized carbons (Fsp3) is 0.353. The van der Waals surface area contributed by atoms with E-state index in [1.165, 1.54) is 17.5 Å². The summed E-state index contributed by atoms with van der Waals surface area (Å²) < 4.78 is 0. The van der Waals surface area contributed by atoms with Crippen LogP contribution in [0.5, 0.6) is 0 Å². The van der Waals surface area contributed by atoms with Crippen molar-refractivity contribution < 1.29 is 0 Å². The van der Waals surface area contributed by atoms with Gasteiger partial charge < -0.3 is 15.5 Å². The maximum Gasteiger partial charge on any atom is 0.104 e. The van der Waals surface area contributed by atoms with Crippen molar-refractivity contribution in [3.63, 3.8) is 0 Å². The molecule has 1 aliphatic rings. The molecule has 2 aromatic rings. The third-order valence-corrected chi connectivity index (χ3v) is 4.62. The molecular weight excluding hydrogens is 278 g/mol. The van der Waals surface area contributed by atoms with Gasteiger partial charge in [0, 0.05) is 35.8 Å². The van der Waals surface area contributed by atoms with E-state index in [1.807, 2.05) is 6.07 Å². The topological polar surface area (TPSA) is 32.5 Å². The molecule has 1 saturated heterocycles. The van der Waals surface area contributed by atoms with Crippen molar-refractivity contribution in [1.29, 1.82) is 0 Å². The molecule has 21 heavy (non-hydrogen) atoms. The Kier molecular flexibility index (Phi) is 3.83. The molecule has 1 fully saturated rings. The number of hydrogen-bond acceptors (Lipinski definition) is 3. The first kappa shape index (κ1) is 14.3. The molecule has 1 aliphatic heterocycles. The molecule has 1 heterocycles. The highest BCUT2D eigenvalue weighted by atomic mass is 32.1. The number of anilines is 1. The van der Waals surface area contributed by atoms with E-state index in [-0.39, 0.29) is 0 Å². The van der Waals surface area contributed by atoms with Gasteiger partial charge in [-0.25, -0.2) is 0 Å². The highest BCUT2D eigenvalue weighted by molar-refractivity contribution is 7.80. The van der Waals surface area contributed by atoms with Gasteiger partial charge in [-0.2, -0.15) is 0 Å². The Morgan fingerprint density at radius 1 is 1.19 bits per heavy atom. The standard InChI is InChI=1S/C17H21N3S/c1-19(2)12-9-10-20(11-12)16-8-7-15(17(18)21)13-5-3-4-6-14(13)16/h3-8,12H,9-11H2,1-2H3,(H2,18,21). The second-order valence-corrected chi connectivity index (χ2v) is 6.33. The van der Waals surface area contributed by atoms with Crippen molar-refractivity contribution in [2.24, 2.45) is 5.73 Å². The SMILES string of the molecule is CN(C)C1CCN(c2ccc(C(N)=S)c3ccccc23)C1. The lowest BCUT2D eigenvalue weighted by atomic mass is 10.0. The van der Waals surface area contributed by atoms with Gasteiger partial charge in [0.25, 0.3) is 0 Å². The highest BCUT2D eigenvalue weighted by Crippen LogP contribution is 2.32. The second-order valence-electron chi connectivity index (χ2n) is 5.89. The molecule has 4 heteroatoms. The Balaban J connectivity index is 2.05. The van der Waals surface area contributed by atoms with E-state index in [2.05, 4.69) is 54.2 Å². The minimum absolute atomic E-state index is 0.463. The predicted molar refractivity (Wildman–Crippen MR) is 94.1 cm³/mol. The van der Waals surface area contributed by atoms with E-state index in [0.29, 0.717) is 11.0 Å². The van der Waals surface area contributed by atoms with E-state index < -0.39 is 0 Å². The van der Waals surface area contributed by atoms with Gasteiger partial charge in [0.15, 0.2) is 0 Å². The largest absolute Gasteiger partial charge is 0.389 e. The predicted octanol–water partition coefficient (Wildman–Crippen LogP) is 2.61. The molecule has 2 aromatic carbocycles. The molecule has 3 rings (SSSR count). The summed E-state index contributed by atoms with van der Waals surface area (Å²) in [5, 5.41) is 2.39. The van der Waals surface area contributed by atoms with Crippen molar-refractivity contribution in [2.45, 2.75) is 12.5 Å². The van der Waals surface area contributed by atoms with Gasteiger partial charge >= 0.3 is 0 Å². The Morgan fingerprint density at radius 2 is 1.90 bits per heavy atom. The fourth-order valence-corrected chi connectivity index (χ4v) is 3.33. The fourth-order valence-electron chi connectivity index (χ4n) is 3.16. The molecule has 1 unspecified atom stereocenters. The lowest BCUT2D eigenvalue weighted by molar-refractivity contribution is 0.315. The summed E-state index contributed by atoms with van der Waals surface area (Å²) in [4.78, 5) is 5.24. The van der Waals surface area contributed by atoms with Gasteiger partial charge in [-0.05, 0) is 38.0 Å². The smallest absolute Gasteiger partial charge is 0.104 e. The first-order chi connectivity index (χ1) is 10.1. The molecular formula is C17H21N3S. The highest BCUT2D eigenvalue weighted by Gasteiger charge is 2.25. The average Bonchev–Trinajstić information content (AvgIpc) is 2.95. The first-order valence-corrected chi connectivity index (χ1v) is 7.71. The Morgan fingerprint density at radius 3 is 2.52 bits per heavy atom. The van der Waals surface area contributed by atoms with Crippen LogP contribution in [-0.4, -0.2) is 43.1 Å². The molecule has 0 saturated carbocycles. The maximum absolute atomic E-state index is 5.86. The number of thiocarbonyl (C=S) groups is 1. The van der Waals surface area contributed by atoms with Crippen LogP contribution in [0.1, 0.15) is 12.0 Å². The minimum atomic E-state index is 0.463. The van der Waals surface area contributed by atoms with Gasteiger partial charge in [-0.15, -0.1) is 0 Å². The molecule has 0 aliphatic carbocycles. The summed E-state index contributed by atoms with van der Waals surface area (Å²) in [6.45, 7) is 2.17. The second kappa shape index (κ2) is 5.62. The van der Waals surface area contributed by atoms with Crippen LogP contribution in [0.25, 0.3) is 10.8 Å². The number of hydrogen-bond donors (Lipinski definition) is 1. The molecule has 3 nitrogen and oxygen atoms in total. The zero-order valence-electron chi connectivity index (χ0n) is 12.5. The molecule has 0 spiro atoms. The van der Waals surface area contributed by atoms with Crippen LogP contribution in [0.3, 0.4) is 0 Å². The van der Waals surface area contributed by atoms with Gasteiger partial charge in [-0.1, -0.05) is 36.5 Å². The van der Waals surface area contributed by atoms with Crippen LogP contribution in [0.15, 0.2) is 36.4 Å². The van der Waals surface area contributed by atoms with Crippen molar-refractivity contribution in [3.8, 4) is 0 Å². The van der Waals surface area contributed by atoms with Crippen molar-refractivity contribution in [3.05, 3.63) is 42.0 Å². The van der Waals surface area contributed by atoms with Crippen LogP contribution in [0, 0.1) is 0 Å². The summed E-state index contributed by atoms with van der Waals surface area (Å²) >= 11 is 5.18. The molecule has 0 radical (unpaired) electrons. The van der Waals surface area contributed by atoms with Crippen LogP contribution in [0.4, 0.5) is 5.69 Å². The zero-order valence-corrected chi connectivity index (χ0v) is 13.4. The summed E-state index contributed by atoms with van der Waals surface area (Å²) in [6.07, 6.45) is 1.21. The van der Waals surface area contributed by atoms with Crippen LogP contribution >= 0.6 is 12.2 Å². The van der Waals surface area contributed by atoms with E-state index in [1.54, 1.807) is 0 Å². The molecule has 1 atom stereocenters. The van der Waals surface area contributed by atoms with Gasteiger partial charge in [-0.3, -0.25) is 0 Å². The minimum Gasteiger partial charge on any atom is -0.389 e. The lowest BCUT2D eigenvalue weighted by Gasteiger charge is -2.23. The normalized spacial score (nSPS) is 18.6. The third kappa shape index (κ3) is 2.61. The Hall–Kier alpha value is -1.65. The zero-order chi connectivity index (χ0) is 15.0. The average molecular weight is 299 g/mol. The van der Waals surface area contributed by atoms with E-state index >= 15 is 0 Å². The van der Waals surface area contributed by atoms with E-state index in [9.17, 15) is 0 Å². The third-order valence-electron chi connectivity index (χ3n) is 4.40. The van der Waals surface area contributed by atoms with Gasteiger partial charge in [0.2, 0.25) is 0 Å². The van der Waals surface area contributed by atoms with Crippen molar-refractivity contribution >= 4 is 33.7 Å². The maximum atomic E-state index is 5.86. The van der Waals surface area contributed by atoms with E-state index in [0.717, 1.165) is 24.0 Å². The van der Waals surface area contributed by atoms with Crippen LogP contribution in [-0.2, 0) is 0 Å². The summed E-state index contributed by atoms with van der Waals surface area (Å²) in [6, 6.07) is 13.2.